The molecular formula is C8H14O2. The highest BCUT2D eigenvalue weighted by molar-refractivity contribution is 5.66. The molecule has 2 heteroatoms. The van der Waals surface area contributed by atoms with Crippen molar-refractivity contribution in [3.8, 4) is 0 Å². The maximum absolute atomic E-state index is 10.1. The van der Waals surface area contributed by atoms with Crippen LogP contribution in [0.5, 0.6) is 0 Å². The summed E-state index contributed by atoms with van der Waals surface area (Å²) in [5.41, 5.74) is 0.440. The van der Waals surface area contributed by atoms with Gasteiger partial charge in [0, 0.05) is 6.42 Å². The molecule has 10 heavy (non-hydrogen) atoms. The fraction of sp³-hybridized carbons (Fsp3) is 0.875. The van der Waals surface area contributed by atoms with E-state index in [4.69, 9.17) is 5.11 Å². The summed E-state index contributed by atoms with van der Waals surface area (Å²) in [6, 6.07) is 0. The van der Waals surface area contributed by atoms with Crippen LogP contribution < -0.4 is 0 Å². The first-order valence-corrected chi connectivity index (χ1v) is 3.74. The lowest BCUT2D eigenvalue weighted by molar-refractivity contribution is -0.137. The summed E-state index contributed by atoms with van der Waals surface area (Å²) < 4.78 is 0. The van der Waals surface area contributed by atoms with Gasteiger partial charge < -0.3 is 5.11 Å². The second-order valence-electron chi connectivity index (χ2n) is 3.82. The quantitative estimate of drug-likeness (QED) is 0.653. The van der Waals surface area contributed by atoms with Crippen LogP contribution in [0.3, 0.4) is 0 Å². The summed E-state index contributed by atoms with van der Waals surface area (Å²) in [7, 11) is 0. The number of carboxylic acid groups (broad SMARTS) is 1. The third-order valence-corrected chi connectivity index (χ3v) is 2.42. The first-order valence-electron chi connectivity index (χ1n) is 3.74. The molecule has 0 heterocycles. The Hall–Kier alpha value is -0.530. The van der Waals surface area contributed by atoms with Gasteiger partial charge >= 0.3 is 5.97 Å². The normalized spacial score (nSPS) is 28.0. The molecule has 0 aromatic rings. The zero-order valence-corrected chi connectivity index (χ0v) is 6.55. The Balaban J connectivity index is 2.13. The Kier molecular flexibility index (Phi) is 1.71. The minimum atomic E-state index is -0.664. The lowest BCUT2D eigenvalue weighted by Gasteiger charge is -1.99. The molecular weight excluding hydrogens is 128 g/mol. The molecule has 1 unspecified atom stereocenters. The lowest BCUT2D eigenvalue weighted by Crippen LogP contribution is -1.97. The number of rotatable bonds is 3. The monoisotopic (exact) mass is 142 g/mol. The van der Waals surface area contributed by atoms with E-state index in [9.17, 15) is 4.79 Å². The highest BCUT2D eigenvalue weighted by atomic mass is 16.4. The van der Waals surface area contributed by atoms with Crippen molar-refractivity contribution in [2.45, 2.75) is 33.1 Å². The summed E-state index contributed by atoms with van der Waals surface area (Å²) in [5, 5.41) is 8.36. The van der Waals surface area contributed by atoms with E-state index >= 15 is 0 Å². The van der Waals surface area contributed by atoms with Crippen LogP contribution in [0.4, 0.5) is 0 Å². The van der Waals surface area contributed by atoms with E-state index in [1.54, 1.807) is 0 Å². The number of carboxylic acids is 1. The van der Waals surface area contributed by atoms with Gasteiger partial charge in [-0.25, -0.2) is 0 Å². The molecule has 1 aliphatic rings. The van der Waals surface area contributed by atoms with Gasteiger partial charge in [0.25, 0.3) is 0 Å². The van der Waals surface area contributed by atoms with Crippen molar-refractivity contribution in [1.29, 1.82) is 0 Å². The van der Waals surface area contributed by atoms with Crippen molar-refractivity contribution in [3.05, 3.63) is 0 Å². The molecule has 0 radical (unpaired) electrons. The molecule has 1 aliphatic carbocycles. The molecule has 1 atom stereocenters. The second-order valence-corrected chi connectivity index (χ2v) is 3.82. The van der Waals surface area contributed by atoms with Crippen molar-refractivity contribution < 1.29 is 9.90 Å². The molecule has 2 nitrogen and oxygen atoms in total. The second kappa shape index (κ2) is 2.26. The highest BCUT2D eigenvalue weighted by Crippen LogP contribution is 2.53. The van der Waals surface area contributed by atoms with E-state index in [0.717, 1.165) is 6.42 Å². The number of hydrogen-bond acceptors (Lipinski definition) is 1. The van der Waals surface area contributed by atoms with Gasteiger partial charge in [0.05, 0.1) is 0 Å². The smallest absolute Gasteiger partial charge is 0.303 e. The van der Waals surface area contributed by atoms with Crippen molar-refractivity contribution in [3.63, 3.8) is 0 Å². The van der Waals surface area contributed by atoms with E-state index in [-0.39, 0.29) is 0 Å². The zero-order valence-electron chi connectivity index (χ0n) is 6.55. The Morgan fingerprint density at radius 2 is 2.20 bits per heavy atom. The number of carbonyl (C=O) groups is 1. The van der Waals surface area contributed by atoms with E-state index in [2.05, 4.69) is 13.8 Å². The van der Waals surface area contributed by atoms with E-state index in [0.29, 0.717) is 17.8 Å². The standard InChI is InChI=1S/C8H14O2/c1-8(2)5-6(8)3-4-7(9)10/h6H,3-5H2,1-2H3,(H,9,10). The summed E-state index contributed by atoms with van der Waals surface area (Å²) in [5.74, 6) is 0.00583. The summed E-state index contributed by atoms with van der Waals surface area (Å²) in [4.78, 5) is 10.1. The van der Waals surface area contributed by atoms with Crippen molar-refractivity contribution >= 4 is 5.97 Å². The molecule has 0 spiro atoms. The summed E-state index contributed by atoms with van der Waals surface area (Å²) in [6.07, 6.45) is 2.41. The van der Waals surface area contributed by atoms with Gasteiger partial charge in [-0.2, -0.15) is 0 Å². The molecule has 0 bridgehead atoms. The van der Waals surface area contributed by atoms with Gasteiger partial charge in [-0.1, -0.05) is 13.8 Å². The average molecular weight is 142 g/mol. The molecule has 0 aromatic carbocycles. The van der Waals surface area contributed by atoms with Gasteiger partial charge in [0.2, 0.25) is 0 Å². The van der Waals surface area contributed by atoms with Gasteiger partial charge in [-0.05, 0) is 24.2 Å². The summed E-state index contributed by atoms with van der Waals surface area (Å²) >= 11 is 0. The third-order valence-electron chi connectivity index (χ3n) is 2.42. The van der Waals surface area contributed by atoms with Crippen LogP contribution in [0.15, 0.2) is 0 Å². The van der Waals surface area contributed by atoms with Crippen LogP contribution in [0.2, 0.25) is 0 Å². The maximum Gasteiger partial charge on any atom is 0.303 e. The largest absolute Gasteiger partial charge is 0.481 e. The lowest BCUT2D eigenvalue weighted by atomic mass is 10.1. The molecule has 1 fully saturated rings. The van der Waals surface area contributed by atoms with Crippen LogP contribution in [0.25, 0.3) is 0 Å². The van der Waals surface area contributed by atoms with Crippen molar-refractivity contribution in [2.75, 3.05) is 0 Å². The van der Waals surface area contributed by atoms with Crippen LogP contribution in [-0.2, 0) is 4.79 Å². The number of aliphatic carboxylic acids is 1. The molecule has 0 aliphatic heterocycles. The highest BCUT2D eigenvalue weighted by Gasteiger charge is 2.44. The molecule has 0 saturated heterocycles. The Bertz CT molecular complexity index is 149. The molecule has 1 N–H and O–H groups in total. The first kappa shape index (κ1) is 7.58. The topological polar surface area (TPSA) is 37.3 Å². The fourth-order valence-corrected chi connectivity index (χ4v) is 1.37. The Morgan fingerprint density at radius 3 is 2.50 bits per heavy atom. The van der Waals surface area contributed by atoms with Gasteiger partial charge in [0.15, 0.2) is 0 Å². The molecule has 58 valence electrons. The minimum absolute atomic E-state index is 0.341. The minimum Gasteiger partial charge on any atom is -0.481 e. The first-order chi connectivity index (χ1) is 4.52. The predicted molar refractivity (Wildman–Crippen MR) is 38.8 cm³/mol. The van der Waals surface area contributed by atoms with Crippen LogP contribution in [0, 0.1) is 11.3 Å². The van der Waals surface area contributed by atoms with Gasteiger partial charge in [0.1, 0.15) is 0 Å². The maximum atomic E-state index is 10.1. The van der Waals surface area contributed by atoms with Crippen molar-refractivity contribution in [2.24, 2.45) is 11.3 Å². The zero-order chi connectivity index (χ0) is 7.78. The fourth-order valence-electron chi connectivity index (χ4n) is 1.37. The molecule has 0 aromatic heterocycles. The van der Waals surface area contributed by atoms with E-state index in [1.807, 2.05) is 0 Å². The van der Waals surface area contributed by atoms with E-state index in [1.165, 1.54) is 6.42 Å². The van der Waals surface area contributed by atoms with Crippen LogP contribution >= 0.6 is 0 Å². The van der Waals surface area contributed by atoms with E-state index < -0.39 is 5.97 Å². The summed E-state index contributed by atoms with van der Waals surface area (Å²) in [6.45, 7) is 4.39. The van der Waals surface area contributed by atoms with Crippen LogP contribution in [-0.4, -0.2) is 11.1 Å². The van der Waals surface area contributed by atoms with Crippen LogP contribution in [0.1, 0.15) is 33.1 Å². The predicted octanol–water partition coefficient (Wildman–Crippen LogP) is 1.90. The van der Waals surface area contributed by atoms with Gasteiger partial charge in [-0.3, -0.25) is 4.79 Å². The molecule has 1 saturated carbocycles. The Labute approximate surface area is 61.2 Å². The average Bonchev–Trinajstić information content (AvgIpc) is 2.35. The number of hydrogen-bond donors (Lipinski definition) is 1. The molecule has 1 rings (SSSR count). The third kappa shape index (κ3) is 1.72. The SMILES string of the molecule is CC1(C)CC1CCC(=O)O. The van der Waals surface area contributed by atoms with Gasteiger partial charge in [-0.15, -0.1) is 0 Å². The molecule has 0 amide bonds. The van der Waals surface area contributed by atoms with Crippen molar-refractivity contribution in [1.82, 2.24) is 0 Å². The Morgan fingerprint density at radius 1 is 1.70 bits per heavy atom.